The van der Waals surface area contributed by atoms with E-state index >= 15 is 0 Å². The highest BCUT2D eigenvalue weighted by atomic mass is 32.2. The van der Waals surface area contributed by atoms with E-state index in [1.165, 1.54) is 31.9 Å². The Morgan fingerprint density at radius 3 is 2.57 bits per heavy atom. The van der Waals surface area contributed by atoms with Crippen LogP contribution in [0.3, 0.4) is 0 Å². The Kier molecular flexibility index (Phi) is 9.04. The van der Waals surface area contributed by atoms with Gasteiger partial charge in [0.15, 0.2) is 0 Å². The van der Waals surface area contributed by atoms with Gasteiger partial charge in [0.1, 0.15) is 0 Å². The van der Waals surface area contributed by atoms with Gasteiger partial charge in [0.25, 0.3) is 5.91 Å². The summed E-state index contributed by atoms with van der Waals surface area (Å²) in [7, 11) is -3.19. The number of nitrogens with zero attached hydrogens (tertiary/aromatic N) is 1. The van der Waals surface area contributed by atoms with Crippen molar-refractivity contribution < 1.29 is 13.2 Å². The van der Waals surface area contributed by atoms with E-state index < -0.39 is 15.9 Å². The molecule has 1 saturated heterocycles. The number of fused-ring (bicyclic) bond motifs is 1. The van der Waals surface area contributed by atoms with Crippen LogP contribution in [0.1, 0.15) is 72.9 Å². The van der Waals surface area contributed by atoms with E-state index in [2.05, 4.69) is 15.6 Å². The summed E-state index contributed by atoms with van der Waals surface area (Å²) in [5.41, 5.74) is 9.27. The van der Waals surface area contributed by atoms with Crippen molar-refractivity contribution in [3.05, 3.63) is 41.2 Å². The monoisotopic (exact) mass is 528 g/mol. The molecule has 10 heteroatoms. The molecule has 1 aliphatic heterocycles. The second-order valence-electron chi connectivity index (χ2n) is 10.2. The number of hydrogen-bond acceptors (Lipinski definition) is 6. The largest absolute Gasteiger partial charge is 0.389 e. The lowest BCUT2D eigenvalue weighted by Crippen LogP contribution is -2.38. The fourth-order valence-corrected chi connectivity index (χ4v) is 6.78. The fourth-order valence-electron chi connectivity index (χ4n) is 5.65. The van der Waals surface area contributed by atoms with Crippen molar-refractivity contribution in [3.8, 4) is 0 Å². The van der Waals surface area contributed by atoms with Crippen molar-refractivity contribution in [3.63, 3.8) is 0 Å². The van der Waals surface area contributed by atoms with Gasteiger partial charge in [-0.1, -0.05) is 12.8 Å². The lowest BCUT2D eigenvalue weighted by molar-refractivity contribution is 0.100. The Hall–Kier alpha value is -2.69. The molecule has 0 spiro atoms. The van der Waals surface area contributed by atoms with E-state index in [0.29, 0.717) is 42.6 Å². The third-order valence-electron chi connectivity index (χ3n) is 7.84. The van der Waals surface area contributed by atoms with E-state index in [4.69, 9.17) is 11.1 Å². The van der Waals surface area contributed by atoms with E-state index in [1.54, 1.807) is 17.3 Å². The number of benzene rings is 1. The van der Waals surface area contributed by atoms with Gasteiger partial charge in [-0.05, 0) is 74.2 Å². The van der Waals surface area contributed by atoms with Crippen LogP contribution in [0.2, 0.25) is 0 Å². The number of H-pyrrole nitrogens is 1. The minimum absolute atomic E-state index is 0.111. The van der Waals surface area contributed by atoms with Crippen LogP contribution in [-0.4, -0.2) is 68.3 Å². The topological polar surface area (TPSA) is 144 Å². The molecule has 1 aliphatic carbocycles. The standard InChI is InChI=1S/C27H40N6O3S/c1-2-37(35,36)33-11-7-20(8-12-33)25-18-32-26-23(25)13-21(14-24(26)27(29)34)22(15-28)17-31-10-9-30-16-19-5-3-4-6-19/h13-15,17-20,28,30-32H,2-12,16H2,1H3,(H2,29,34)/b22-17+,28-15?. The first-order chi connectivity index (χ1) is 17.8. The molecule has 6 N–H and O–H groups in total. The van der Waals surface area contributed by atoms with Crippen molar-refractivity contribution in [1.29, 1.82) is 5.41 Å². The number of nitrogens with one attached hydrogen (secondary N) is 4. The van der Waals surface area contributed by atoms with Crippen LogP contribution >= 0.6 is 0 Å². The van der Waals surface area contributed by atoms with Gasteiger partial charge in [-0.25, -0.2) is 12.7 Å². The number of rotatable bonds is 12. The van der Waals surface area contributed by atoms with Crippen molar-refractivity contribution >= 4 is 38.6 Å². The normalized spacial score (nSPS) is 18.5. The van der Waals surface area contributed by atoms with E-state index in [-0.39, 0.29) is 11.7 Å². The van der Waals surface area contributed by atoms with Gasteiger partial charge in [0, 0.05) is 55.7 Å². The van der Waals surface area contributed by atoms with Crippen LogP contribution in [0.4, 0.5) is 0 Å². The van der Waals surface area contributed by atoms with Gasteiger partial charge in [0.2, 0.25) is 10.0 Å². The first kappa shape index (κ1) is 27.3. The molecule has 2 fully saturated rings. The predicted octanol–water partition coefficient (Wildman–Crippen LogP) is 3.16. The molecule has 0 radical (unpaired) electrons. The number of allylic oxidation sites excluding steroid dienone is 1. The molecule has 37 heavy (non-hydrogen) atoms. The molecule has 2 heterocycles. The number of amides is 1. The molecule has 2 aliphatic rings. The van der Waals surface area contributed by atoms with E-state index in [1.807, 2.05) is 18.5 Å². The van der Waals surface area contributed by atoms with Crippen molar-refractivity contribution in [2.75, 3.05) is 38.5 Å². The van der Waals surface area contributed by atoms with Crippen LogP contribution in [0.15, 0.2) is 24.5 Å². The second-order valence-corrected chi connectivity index (χ2v) is 12.4. The molecule has 1 aromatic carbocycles. The molecule has 2 aromatic rings. The maximum absolute atomic E-state index is 12.3. The number of nitrogens with two attached hydrogens (primary N) is 1. The summed E-state index contributed by atoms with van der Waals surface area (Å²) in [6.45, 7) is 5.29. The number of aromatic nitrogens is 1. The number of hydrogen-bond donors (Lipinski definition) is 5. The highest BCUT2D eigenvalue weighted by Crippen LogP contribution is 2.36. The first-order valence-electron chi connectivity index (χ1n) is 13.4. The molecule has 1 aromatic heterocycles. The molecule has 4 rings (SSSR count). The quantitative estimate of drug-likeness (QED) is 0.212. The van der Waals surface area contributed by atoms with E-state index in [9.17, 15) is 13.2 Å². The molecule has 1 saturated carbocycles. The average Bonchev–Trinajstić information content (AvgIpc) is 3.58. The van der Waals surface area contributed by atoms with Crippen molar-refractivity contribution in [2.45, 2.75) is 51.4 Å². The summed E-state index contributed by atoms with van der Waals surface area (Å²) in [5, 5.41) is 15.7. The summed E-state index contributed by atoms with van der Waals surface area (Å²) in [4.78, 5) is 15.5. The predicted molar refractivity (Wildman–Crippen MR) is 149 cm³/mol. The van der Waals surface area contributed by atoms with E-state index in [0.717, 1.165) is 42.1 Å². The highest BCUT2D eigenvalue weighted by molar-refractivity contribution is 7.89. The number of piperidine rings is 1. The summed E-state index contributed by atoms with van der Waals surface area (Å²) in [5.74, 6) is 0.548. The lowest BCUT2D eigenvalue weighted by atomic mass is 9.88. The maximum atomic E-state index is 12.3. The maximum Gasteiger partial charge on any atom is 0.250 e. The fraction of sp³-hybridized carbons (Fsp3) is 0.556. The van der Waals surface area contributed by atoms with Gasteiger partial charge < -0.3 is 26.8 Å². The summed E-state index contributed by atoms with van der Waals surface area (Å²) < 4.78 is 26.1. The number of aromatic amines is 1. The Balaban J connectivity index is 1.49. The third-order valence-corrected chi connectivity index (χ3v) is 9.72. The zero-order valence-corrected chi connectivity index (χ0v) is 22.5. The van der Waals surface area contributed by atoms with Gasteiger partial charge in [0.05, 0.1) is 16.8 Å². The molecule has 202 valence electrons. The van der Waals surface area contributed by atoms with Crippen LogP contribution < -0.4 is 16.4 Å². The number of primary amides is 1. The molecule has 1 amide bonds. The smallest absolute Gasteiger partial charge is 0.250 e. The van der Waals surface area contributed by atoms with Crippen LogP contribution in [-0.2, 0) is 10.0 Å². The molecular weight excluding hydrogens is 488 g/mol. The molecule has 0 atom stereocenters. The number of carbonyl (C=O) groups excluding carboxylic acids is 1. The van der Waals surface area contributed by atoms with Gasteiger partial charge in [-0.15, -0.1) is 0 Å². The zero-order valence-electron chi connectivity index (χ0n) is 21.7. The van der Waals surface area contributed by atoms with Gasteiger partial charge in [-0.2, -0.15) is 0 Å². The Morgan fingerprint density at radius 1 is 1.19 bits per heavy atom. The number of sulfonamides is 1. The minimum Gasteiger partial charge on any atom is -0.389 e. The van der Waals surface area contributed by atoms with Crippen LogP contribution in [0.5, 0.6) is 0 Å². The third kappa shape index (κ3) is 6.42. The van der Waals surface area contributed by atoms with Crippen molar-refractivity contribution in [1.82, 2.24) is 19.9 Å². The SMILES string of the molecule is CCS(=O)(=O)N1CCC(c2c[nH]c3c(C(N)=O)cc(/C(C=N)=C/NCCNCC4CCCC4)cc23)CC1. The van der Waals surface area contributed by atoms with Gasteiger partial charge in [-0.3, -0.25) is 4.79 Å². The van der Waals surface area contributed by atoms with Crippen molar-refractivity contribution in [2.24, 2.45) is 11.7 Å². The lowest BCUT2D eigenvalue weighted by Gasteiger charge is -2.31. The van der Waals surface area contributed by atoms with Crippen LogP contribution in [0.25, 0.3) is 16.5 Å². The molecule has 0 bridgehead atoms. The summed E-state index contributed by atoms with van der Waals surface area (Å²) >= 11 is 0. The van der Waals surface area contributed by atoms with Crippen LogP contribution in [0, 0.1) is 11.3 Å². The zero-order chi connectivity index (χ0) is 26.4. The number of carbonyl (C=O) groups is 1. The first-order valence-corrected chi connectivity index (χ1v) is 15.0. The Bertz CT molecular complexity index is 1240. The molecule has 0 unspecified atom stereocenters. The Morgan fingerprint density at radius 2 is 1.92 bits per heavy atom. The summed E-state index contributed by atoms with van der Waals surface area (Å²) in [6, 6.07) is 3.73. The minimum atomic E-state index is -3.19. The molecular formula is C27H40N6O3S. The average molecular weight is 529 g/mol. The Labute approximate surface area is 219 Å². The highest BCUT2D eigenvalue weighted by Gasteiger charge is 2.29. The molecule has 9 nitrogen and oxygen atoms in total. The van der Waals surface area contributed by atoms with Gasteiger partial charge >= 0.3 is 0 Å². The second kappa shape index (κ2) is 12.2. The summed E-state index contributed by atoms with van der Waals surface area (Å²) in [6.07, 6.45) is 11.8.